The molecule has 17 heteroatoms. The lowest BCUT2D eigenvalue weighted by molar-refractivity contribution is 0.0698. The number of hydrogen-bond donors (Lipinski definition) is 1. The number of aromatic carboxylic acids is 1. The largest absolute Gasteiger partial charge is 0.478 e. The minimum atomic E-state index is -4.01. The topological polar surface area (TPSA) is 193 Å². The normalized spacial score (nSPS) is 11.9. The number of halogens is 1. The summed E-state index contributed by atoms with van der Waals surface area (Å²) in [6.07, 6.45) is 5.88. The molecule has 8 aromatic rings. The number of pyridine rings is 2. The lowest BCUT2D eigenvalue weighted by atomic mass is 10.1. The van der Waals surface area contributed by atoms with Gasteiger partial charge in [0.05, 0.1) is 35.8 Å². The van der Waals surface area contributed by atoms with Gasteiger partial charge in [0.25, 0.3) is 20.0 Å². The fourth-order valence-corrected chi connectivity index (χ4v) is 9.77. The van der Waals surface area contributed by atoms with Gasteiger partial charge in [-0.1, -0.05) is 46.7 Å². The summed E-state index contributed by atoms with van der Waals surface area (Å²) in [6, 6.07) is 19.6. The Labute approximate surface area is 322 Å². The van der Waals surface area contributed by atoms with Gasteiger partial charge in [0.1, 0.15) is 28.1 Å². The third kappa shape index (κ3) is 6.36. The fourth-order valence-electron chi connectivity index (χ4n) is 6.15. The highest BCUT2D eigenvalue weighted by Crippen LogP contribution is 2.34. The Balaban J connectivity index is 0.000000167. The maximum absolute atomic E-state index is 13.1. The number of benzene rings is 2. The second-order valence-corrected chi connectivity index (χ2v) is 16.9. The van der Waals surface area contributed by atoms with Crippen LogP contribution in [0.25, 0.3) is 44.3 Å². The number of hydrogen-bond acceptors (Lipinski definition) is 11. The highest BCUT2D eigenvalue weighted by Gasteiger charge is 2.26. The smallest absolute Gasteiger partial charge is 0.339 e. The van der Waals surface area contributed by atoms with Gasteiger partial charge in [-0.2, -0.15) is 0 Å². The van der Waals surface area contributed by atoms with E-state index < -0.39 is 26.0 Å². The maximum Gasteiger partial charge on any atom is 0.339 e. The lowest BCUT2D eigenvalue weighted by Crippen LogP contribution is -2.12. The first-order valence-corrected chi connectivity index (χ1v) is 20.0. The molecule has 274 valence electrons. The van der Waals surface area contributed by atoms with Crippen LogP contribution in [0.15, 0.2) is 116 Å². The Kier molecular flexibility index (Phi) is 9.48. The van der Waals surface area contributed by atoms with E-state index in [1.807, 2.05) is 19.9 Å². The Hall–Kier alpha value is -5.66. The van der Waals surface area contributed by atoms with Crippen LogP contribution in [0.1, 0.15) is 33.3 Å². The van der Waals surface area contributed by atoms with Gasteiger partial charge in [-0.05, 0) is 86.7 Å². The first kappa shape index (κ1) is 36.7. The van der Waals surface area contributed by atoms with Crippen LogP contribution in [-0.4, -0.2) is 56.1 Å². The lowest BCUT2D eigenvalue weighted by Gasteiger charge is -2.08. The van der Waals surface area contributed by atoms with Gasteiger partial charge in [0, 0.05) is 47.0 Å². The summed E-state index contributed by atoms with van der Waals surface area (Å²) < 4.78 is 65.9. The van der Waals surface area contributed by atoms with Gasteiger partial charge < -0.3 is 14.2 Å². The Morgan fingerprint density at radius 2 is 1.09 bits per heavy atom. The zero-order chi connectivity index (χ0) is 38.5. The van der Waals surface area contributed by atoms with Crippen LogP contribution < -0.4 is 0 Å². The summed E-state index contributed by atoms with van der Waals surface area (Å²) in [5.74, 6) is -0.0342. The second-order valence-electron chi connectivity index (χ2n) is 12.1. The summed E-state index contributed by atoms with van der Waals surface area (Å²) in [5, 5.41) is 17.4. The third-order valence-corrected chi connectivity index (χ3v) is 12.8. The van der Waals surface area contributed by atoms with Crippen molar-refractivity contribution < 1.29 is 35.8 Å². The molecule has 0 amide bonds. The molecule has 1 N–H and O–H groups in total. The molecular formula is C37H29IN6O8S2. The van der Waals surface area contributed by atoms with E-state index in [2.05, 4.69) is 42.9 Å². The highest BCUT2D eigenvalue weighted by molar-refractivity contribution is 14.1. The number of rotatable bonds is 7. The van der Waals surface area contributed by atoms with Crippen LogP contribution in [0.3, 0.4) is 0 Å². The second kappa shape index (κ2) is 14.0. The Morgan fingerprint density at radius 1 is 0.667 bits per heavy atom. The number of fused-ring (bicyclic) bond motifs is 2. The quantitative estimate of drug-likeness (QED) is 0.156. The highest BCUT2D eigenvalue weighted by atomic mass is 127. The number of aromatic nitrogens is 6. The van der Waals surface area contributed by atoms with E-state index in [4.69, 9.17) is 9.05 Å². The minimum absolute atomic E-state index is 0.0478. The van der Waals surface area contributed by atoms with Gasteiger partial charge in [-0.3, -0.25) is 9.97 Å². The molecule has 0 saturated heterocycles. The predicted octanol–water partition coefficient (Wildman–Crippen LogP) is 7.39. The Morgan fingerprint density at radius 3 is 1.52 bits per heavy atom. The molecule has 0 aliphatic carbocycles. The van der Waals surface area contributed by atoms with E-state index in [-0.39, 0.29) is 26.4 Å². The van der Waals surface area contributed by atoms with E-state index in [0.29, 0.717) is 39.4 Å². The van der Waals surface area contributed by atoms with E-state index in [0.717, 1.165) is 30.6 Å². The molecule has 0 aliphatic heterocycles. The molecular weight excluding hydrogens is 847 g/mol. The van der Waals surface area contributed by atoms with Gasteiger partial charge >= 0.3 is 5.97 Å². The van der Waals surface area contributed by atoms with Crippen LogP contribution >= 0.6 is 22.6 Å². The van der Waals surface area contributed by atoms with E-state index >= 15 is 0 Å². The van der Waals surface area contributed by atoms with Gasteiger partial charge in [0.2, 0.25) is 0 Å². The summed E-state index contributed by atoms with van der Waals surface area (Å²) in [6.45, 7) is 7.17. The molecule has 0 unspecified atom stereocenters. The van der Waals surface area contributed by atoms with E-state index in [1.54, 1.807) is 80.8 Å². The number of aryl methyl sites for hydroxylation is 4. The van der Waals surface area contributed by atoms with Crippen molar-refractivity contribution in [2.75, 3.05) is 0 Å². The SMILES string of the molecule is Cc1noc(C)c1-c1cnc2c(C(=O)O)cn(S(=O)(=O)c3ccccc3)c2c1.Cc1noc(C)c1-c1cnc2c(I)cn(S(=O)(=O)c3ccccc3)c2c1. The first-order chi connectivity index (χ1) is 25.7. The molecule has 2 aromatic carbocycles. The third-order valence-electron chi connectivity index (χ3n) is 8.64. The zero-order valence-electron chi connectivity index (χ0n) is 28.9. The van der Waals surface area contributed by atoms with Crippen molar-refractivity contribution in [2.45, 2.75) is 37.5 Å². The minimum Gasteiger partial charge on any atom is -0.478 e. The standard InChI is InChI=1S/C19H15N3O5S.C18H14IN3O3S/c1-11-17(12(2)27-21-11)13-8-16-18(20-9-13)15(19(23)24)10-22(16)28(25,26)14-6-4-3-5-7-14;1-11-17(12(2)25-21-11)13-8-16-18(20-9-13)15(19)10-22(16)26(23,24)14-6-4-3-5-7-14/h3-10H,1-2H3,(H,23,24);3-10H,1-2H3. The summed E-state index contributed by atoms with van der Waals surface area (Å²) >= 11 is 2.10. The van der Waals surface area contributed by atoms with Crippen LogP contribution in [-0.2, 0) is 20.0 Å². The van der Waals surface area contributed by atoms with Crippen molar-refractivity contribution in [1.82, 2.24) is 28.2 Å². The van der Waals surface area contributed by atoms with Gasteiger partial charge in [0.15, 0.2) is 0 Å². The van der Waals surface area contributed by atoms with Crippen molar-refractivity contribution in [3.8, 4) is 22.3 Å². The van der Waals surface area contributed by atoms with Crippen molar-refractivity contribution >= 4 is 70.7 Å². The van der Waals surface area contributed by atoms with Crippen molar-refractivity contribution in [3.63, 3.8) is 0 Å². The van der Waals surface area contributed by atoms with Crippen molar-refractivity contribution in [1.29, 1.82) is 0 Å². The predicted molar refractivity (Wildman–Crippen MR) is 207 cm³/mol. The molecule has 6 aromatic heterocycles. The van der Waals surface area contributed by atoms with Gasteiger partial charge in [-0.25, -0.2) is 29.6 Å². The van der Waals surface area contributed by atoms with Gasteiger partial charge in [-0.15, -0.1) is 0 Å². The first-order valence-electron chi connectivity index (χ1n) is 16.1. The van der Waals surface area contributed by atoms with Crippen molar-refractivity contribution in [3.05, 3.63) is 130 Å². The molecule has 0 bridgehead atoms. The average Bonchev–Trinajstić information content (AvgIpc) is 3.91. The molecule has 0 fully saturated rings. The Bertz CT molecular complexity index is 2910. The monoisotopic (exact) mass is 876 g/mol. The number of carbonyl (C=O) groups is 1. The maximum atomic E-state index is 13.1. The molecule has 0 atom stereocenters. The molecule has 0 aliphatic rings. The summed E-state index contributed by atoms with van der Waals surface area (Å²) in [7, 11) is -7.73. The molecule has 6 heterocycles. The molecule has 14 nitrogen and oxygen atoms in total. The molecule has 0 spiro atoms. The van der Waals surface area contributed by atoms with E-state index in [1.165, 1.54) is 22.3 Å². The average molecular weight is 877 g/mol. The summed E-state index contributed by atoms with van der Waals surface area (Å²) in [4.78, 5) is 20.6. The van der Waals surface area contributed by atoms with Crippen LogP contribution in [0, 0.1) is 31.3 Å². The van der Waals surface area contributed by atoms with Crippen molar-refractivity contribution in [2.24, 2.45) is 0 Å². The summed E-state index contributed by atoms with van der Waals surface area (Å²) in [5.41, 5.74) is 5.47. The molecule has 54 heavy (non-hydrogen) atoms. The van der Waals surface area contributed by atoms with Crippen LogP contribution in [0.2, 0.25) is 0 Å². The number of carboxylic acids is 1. The molecule has 8 rings (SSSR count). The van der Waals surface area contributed by atoms with Crippen LogP contribution in [0.5, 0.6) is 0 Å². The fraction of sp³-hybridized carbons (Fsp3) is 0.108. The number of nitrogens with zero attached hydrogens (tertiary/aromatic N) is 6. The molecule has 0 saturated carbocycles. The van der Waals surface area contributed by atoms with Crippen LogP contribution in [0.4, 0.5) is 0 Å². The zero-order valence-corrected chi connectivity index (χ0v) is 32.7. The van der Waals surface area contributed by atoms with E-state index in [9.17, 15) is 26.7 Å². The number of carboxylic acid groups (broad SMARTS) is 1. The molecule has 0 radical (unpaired) electrons.